The van der Waals surface area contributed by atoms with Crippen LogP contribution in [0.5, 0.6) is 0 Å². The van der Waals surface area contributed by atoms with Crippen LogP contribution in [0, 0.1) is 0 Å². The van der Waals surface area contributed by atoms with E-state index in [2.05, 4.69) is 24.3 Å². The molecule has 0 N–H and O–H groups in total. The summed E-state index contributed by atoms with van der Waals surface area (Å²) in [6.45, 7) is 0. The van der Waals surface area contributed by atoms with Crippen LogP contribution in [0.1, 0.15) is 5.56 Å². The Kier molecular flexibility index (Phi) is 3.39. The molecule has 58 valence electrons. The zero-order chi connectivity index (χ0) is 8.10. The second-order valence-corrected chi connectivity index (χ2v) is 6.61. The van der Waals surface area contributed by atoms with Crippen molar-refractivity contribution in [1.82, 2.24) is 0 Å². The minimum Gasteiger partial charge on any atom is -0.558 e. The lowest BCUT2D eigenvalue weighted by molar-refractivity contribution is 0.437. The third-order valence-electron chi connectivity index (χ3n) is 1.53. The zero-order valence-electron chi connectivity index (χ0n) is 6.71. The maximum atomic E-state index is 5.27. The number of rotatable bonds is 3. The molecule has 0 heterocycles. The maximum absolute atomic E-state index is 5.27. The first-order chi connectivity index (χ1) is 5.33. The lowest BCUT2D eigenvalue weighted by atomic mass is 10.2. The SMILES string of the molecule is CO[Si](=[SiH2])Cc1ccccc1. The molecule has 0 aromatic heterocycles. The average molecular weight is 180 g/mol. The van der Waals surface area contributed by atoms with E-state index < -0.39 is 8.13 Å². The number of hydrogen-bond donors (Lipinski definition) is 0. The van der Waals surface area contributed by atoms with Crippen LogP contribution >= 0.6 is 0 Å². The van der Waals surface area contributed by atoms with Crippen molar-refractivity contribution in [2.24, 2.45) is 0 Å². The van der Waals surface area contributed by atoms with Crippen molar-refractivity contribution in [3.63, 3.8) is 0 Å². The summed E-state index contributed by atoms with van der Waals surface area (Å²) < 4.78 is 5.27. The van der Waals surface area contributed by atoms with Crippen molar-refractivity contribution in [2.75, 3.05) is 7.11 Å². The summed E-state index contributed by atoms with van der Waals surface area (Å²) in [5, 5.41) is 0. The molecule has 3 heteroatoms. The fourth-order valence-corrected chi connectivity index (χ4v) is 2.60. The molecule has 0 aliphatic heterocycles. The van der Waals surface area contributed by atoms with Gasteiger partial charge in [0, 0.05) is 15.4 Å². The molecule has 0 atom stereocenters. The molecule has 0 aliphatic rings. The van der Waals surface area contributed by atoms with Crippen molar-refractivity contribution >= 4 is 17.5 Å². The van der Waals surface area contributed by atoms with Gasteiger partial charge in [-0.3, -0.25) is 0 Å². The Hall–Kier alpha value is -0.546. The fraction of sp³-hybridized carbons (Fsp3) is 0.250. The summed E-state index contributed by atoms with van der Waals surface area (Å²) >= 11 is 0. The first kappa shape index (κ1) is 8.55. The predicted molar refractivity (Wildman–Crippen MR) is 51.5 cm³/mol. The third-order valence-corrected chi connectivity index (χ3v) is 4.53. The van der Waals surface area contributed by atoms with Gasteiger partial charge in [-0.1, -0.05) is 30.3 Å². The summed E-state index contributed by atoms with van der Waals surface area (Å²) in [6.07, 6.45) is 0. The molecular weight excluding hydrogens is 168 g/mol. The zero-order valence-corrected chi connectivity index (χ0v) is 9.12. The van der Waals surface area contributed by atoms with Gasteiger partial charge in [-0.2, -0.15) is 0 Å². The molecule has 0 bridgehead atoms. The van der Waals surface area contributed by atoms with Crippen LogP contribution in [0.15, 0.2) is 30.3 Å². The Morgan fingerprint density at radius 3 is 2.55 bits per heavy atom. The summed E-state index contributed by atoms with van der Waals surface area (Å²) in [7, 11) is 3.23. The molecular formula is C8H12OSi2. The minimum atomic E-state index is -0.554. The van der Waals surface area contributed by atoms with E-state index in [1.54, 1.807) is 7.11 Å². The van der Waals surface area contributed by atoms with Crippen molar-refractivity contribution in [2.45, 2.75) is 6.04 Å². The van der Waals surface area contributed by atoms with Crippen LogP contribution in [0.2, 0.25) is 0 Å². The van der Waals surface area contributed by atoms with Crippen LogP contribution in [-0.2, 0) is 10.5 Å². The third kappa shape index (κ3) is 2.90. The first-order valence-electron chi connectivity index (χ1n) is 3.58. The largest absolute Gasteiger partial charge is 0.558 e. The van der Waals surface area contributed by atoms with Crippen molar-refractivity contribution < 1.29 is 4.43 Å². The molecule has 1 nitrogen and oxygen atoms in total. The number of hydrogen-bond acceptors (Lipinski definition) is 1. The van der Waals surface area contributed by atoms with Crippen LogP contribution in [0.3, 0.4) is 0 Å². The van der Waals surface area contributed by atoms with Gasteiger partial charge in [0.25, 0.3) is 0 Å². The van der Waals surface area contributed by atoms with Crippen LogP contribution < -0.4 is 0 Å². The highest BCUT2D eigenvalue weighted by molar-refractivity contribution is 6.72. The van der Waals surface area contributed by atoms with E-state index in [0.29, 0.717) is 0 Å². The maximum Gasteiger partial charge on any atom is 0.196 e. The second kappa shape index (κ2) is 4.36. The van der Waals surface area contributed by atoms with E-state index in [1.807, 2.05) is 15.4 Å². The highest BCUT2D eigenvalue weighted by Crippen LogP contribution is 1.98. The smallest absolute Gasteiger partial charge is 0.196 e. The Bertz CT molecular complexity index is 233. The highest BCUT2D eigenvalue weighted by atomic mass is 28.9. The van der Waals surface area contributed by atoms with Crippen LogP contribution in [-0.4, -0.2) is 24.6 Å². The van der Waals surface area contributed by atoms with Crippen LogP contribution in [0.4, 0.5) is 0 Å². The Labute approximate surface area is 71.5 Å². The van der Waals surface area contributed by atoms with Crippen molar-refractivity contribution in [3.8, 4) is 0 Å². The van der Waals surface area contributed by atoms with E-state index in [0.717, 1.165) is 6.04 Å². The van der Waals surface area contributed by atoms with Crippen LogP contribution in [0.25, 0.3) is 0 Å². The second-order valence-electron chi connectivity index (χ2n) is 2.41. The van der Waals surface area contributed by atoms with Gasteiger partial charge in [0.2, 0.25) is 0 Å². The first-order valence-corrected chi connectivity index (χ1v) is 7.53. The lowest BCUT2D eigenvalue weighted by Gasteiger charge is -2.01. The van der Waals surface area contributed by atoms with E-state index in [4.69, 9.17) is 4.43 Å². The van der Waals surface area contributed by atoms with Gasteiger partial charge in [0.1, 0.15) is 0 Å². The van der Waals surface area contributed by atoms with E-state index in [9.17, 15) is 0 Å². The molecule has 0 fully saturated rings. The van der Waals surface area contributed by atoms with Gasteiger partial charge in [-0.15, -0.1) is 0 Å². The van der Waals surface area contributed by atoms with Crippen molar-refractivity contribution in [3.05, 3.63) is 35.9 Å². The average Bonchev–Trinajstić information content (AvgIpc) is 2.06. The topological polar surface area (TPSA) is 9.23 Å². The molecule has 0 radical (unpaired) electrons. The standard InChI is InChI=1S/C8H12OSi2/c1-9-11(10)7-8-5-3-2-4-6-8/h2-6H,7,10H2,1H3. The molecule has 0 aliphatic carbocycles. The van der Waals surface area contributed by atoms with Gasteiger partial charge in [-0.05, 0) is 5.56 Å². The lowest BCUT2D eigenvalue weighted by Crippen LogP contribution is -2.08. The van der Waals surface area contributed by atoms with Gasteiger partial charge >= 0.3 is 0 Å². The summed E-state index contributed by atoms with van der Waals surface area (Å²) in [4.78, 5) is 0. The molecule has 0 saturated carbocycles. The highest BCUT2D eigenvalue weighted by Gasteiger charge is 1.95. The molecule has 0 unspecified atom stereocenters. The molecule has 1 aromatic carbocycles. The normalized spacial score (nSPS) is 9.18. The van der Waals surface area contributed by atoms with Gasteiger partial charge in [-0.25, -0.2) is 0 Å². The van der Waals surface area contributed by atoms with Gasteiger partial charge < -0.3 is 4.43 Å². The minimum absolute atomic E-state index is 0.554. The molecule has 0 amide bonds. The molecule has 0 saturated heterocycles. The Morgan fingerprint density at radius 1 is 1.36 bits per heavy atom. The predicted octanol–water partition coefficient (Wildman–Crippen LogP) is 0.536. The summed E-state index contributed by atoms with van der Waals surface area (Å²) in [5.41, 5.74) is 1.39. The number of benzene rings is 1. The monoisotopic (exact) mass is 180 g/mol. The van der Waals surface area contributed by atoms with Gasteiger partial charge in [0.05, 0.1) is 7.11 Å². The van der Waals surface area contributed by atoms with E-state index in [-0.39, 0.29) is 0 Å². The van der Waals surface area contributed by atoms with Gasteiger partial charge in [0.15, 0.2) is 8.13 Å². The Balaban J connectivity index is 2.58. The fourth-order valence-electron chi connectivity index (χ4n) is 0.896. The molecule has 1 aromatic rings. The van der Waals surface area contributed by atoms with Crippen molar-refractivity contribution in [1.29, 1.82) is 0 Å². The van der Waals surface area contributed by atoms with E-state index in [1.165, 1.54) is 5.56 Å². The molecule has 1 rings (SSSR count). The molecule has 11 heavy (non-hydrogen) atoms. The summed E-state index contributed by atoms with van der Waals surface area (Å²) in [6, 6.07) is 11.6. The van der Waals surface area contributed by atoms with E-state index >= 15 is 0 Å². The molecule has 0 spiro atoms. The summed E-state index contributed by atoms with van der Waals surface area (Å²) in [5.74, 6) is 0. The Morgan fingerprint density at radius 2 is 2.00 bits per heavy atom. The quantitative estimate of drug-likeness (QED) is 0.617.